The van der Waals surface area contributed by atoms with Crippen LogP contribution in [-0.4, -0.2) is 22.4 Å². The van der Waals surface area contributed by atoms with Crippen molar-refractivity contribution in [1.29, 1.82) is 5.26 Å². The van der Waals surface area contributed by atoms with Crippen molar-refractivity contribution in [3.63, 3.8) is 0 Å². The topological polar surface area (TPSA) is 83.2 Å². The largest absolute Gasteiger partial charge is 0.573 e. The predicted molar refractivity (Wildman–Crippen MR) is 47.0 cm³/mol. The molecule has 0 atom stereocenters. The van der Waals surface area contributed by atoms with E-state index in [9.17, 15) is 18.0 Å². The summed E-state index contributed by atoms with van der Waals surface area (Å²) in [5.41, 5.74) is -0.385. The molecule has 5 nitrogen and oxygen atoms in total. The fourth-order valence-electron chi connectivity index (χ4n) is 1.08. The lowest BCUT2D eigenvalue weighted by Gasteiger charge is -2.09. The molecule has 0 aliphatic rings. The van der Waals surface area contributed by atoms with E-state index in [4.69, 9.17) is 10.4 Å². The lowest BCUT2D eigenvalue weighted by Crippen LogP contribution is -2.17. The monoisotopic (exact) mass is 246 g/mol. The molecule has 0 saturated heterocycles. The second kappa shape index (κ2) is 4.69. The number of carboxylic acids is 1. The van der Waals surface area contributed by atoms with Crippen molar-refractivity contribution in [3.8, 4) is 11.8 Å². The maximum Gasteiger partial charge on any atom is 0.573 e. The first-order chi connectivity index (χ1) is 7.81. The molecule has 1 aromatic rings. The first-order valence-electron chi connectivity index (χ1n) is 4.18. The molecular formula is C9H5F3N2O3. The van der Waals surface area contributed by atoms with Crippen LogP contribution in [0.3, 0.4) is 0 Å². The van der Waals surface area contributed by atoms with Gasteiger partial charge in [0, 0.05) is 5.56 Å². The van der Waals surface area contributed by atoms with Gasteiger partial charge >= 0.3 is 12.3 Å². The van der Waals surface area contributed by atoms with Crippen molar-refractivity contribution in [2.45, 2.75) is 12.8 Å². The second-order valence-corrected chi connectivity index (χ2v) is 2.91. The lowest BCUT2D eigenvalue weighted by molar-refractivity contribution is -0.274. The smallest absolute Gasteiger partial charge is 0.481 e. The van der Waals surface area contributed by atoms with Crippen LogP contribution in [0.2, 0.25) is 0 Å². The van der Waals surface area contributed by atoms with Crippen LogP contribution in [0.5, 0.6) is 5.75 Å². The number of ether oxygens (including phenoxy) is 1. The van der Waals surface area contributed by atoms with Crippen LogP contribution in [0.1, 0.15) is 11.3 Å². The Kier molecular flexibility index (Phi) is 3.52. The third-order valence-electron chi connectivity index (χ3n) is 1.62. The molecule has 0 bridgehead atoms. The van der Waals surface area contributed by atoms with Gasteiger partial charge in [0.1, 0.15) is 17.5 Å². The van der Waals surface area contributed by atoms with Crippen molar-refractivity contribution < 1.29 is 27.8 Å². The van der Waals surface area contributed by atoms with E-state index < -0.39 is 24.5 Å². The van der Waals surface area contributed by atoms with Crippen LogP contribution in [0.4, 0.5) is 13.2 Å². The third-order valence-corrected chi connectivity index (χ3v) is 1.62. The molecule has 90 valence electrons. The first kappa shape index (κ1) is 12.8. The Morgan fingerprint density at radius 1 is 1.59 bits per heavy atom. The van der Waals surface area contributed by atoms with Gasteiger partial charge in [-0.05, 0) is 6.07 Å². The summed E-state index contributed by atoms with van der Waals surface area (Å²) in [4.78, 5) is 13.8. The summed E-state index contributed by atoms with van der Waals surface area (Å²) in [6.45, 7) is 0. The van der Waals surface area contributed by atoms with Crippen molar-refractivity contribution in [3.05, 3.63) is 23.5 Å². The minimum Gasteiger partial charge on any atom is -0.481 e. The number of hydrogen-bond donors (Lipinski definition) is 1. The average Bonchev–Trinajstić information content (AvgIpc) is 2.14. The van der Waals surface area contributed by atoms with Crippen LogP contribution in [0.15, 0.2) is 12.3 Å². The minimum absolute atomic E-state index is 0.137. The lowest BCUT2D eigenvalue weighted by atomic mass is 10.1. The molecule has 0 aromatic carbocycles. The van der Waals surface area contributed by atoms with Crippen molar-refractivity contribution in [2.75, 3.05) is 0 Å². The van der Waals surface area contributed by atoms with E-state index >= 15 is 0 Å². The molecular weight excluding hydrogens is 241 g/mol. The Balaban J connectivity index is 3.05. The van der Waals surface area contributed by atoms with E-state index in [0.717, 1.165) is 6.07 Å². The Morgan fingerprint density at radius 2 is 2.24 bits per heavy atom. The predicted octanol–water partition coefficient (Wildman–Crippen LogP) is 1.48. The summed E-state index contributed by atoms with van der Waals surface area (Å²) >= 11 is 0. The van der Waals surface area contributed by atoms with E-state index in [-0.39, 0.29) is 11.3 Å². The zero-order chi connectivity index (χ0) is 13.1. The number of halogens is 3. The van der Waals surface area contributed by atoms with E-state index in [0.29, 0.717) is 6.20 Å². The quantitative estimate of drug-likeness (QED) is 0.873. The van der Waals surface area contributed by atoms with E-state index in [1.807, 2.05) is 0 Å². The Hall–Kier alpha value is -2.30. The standard InChI is InChI=1S/C9H5F3N2O3/c10-9(11,12)17-6-1-5(2-8(15)16)7(3-13)14-4-6/h1,4H,2H2,(H,15,16). The summed E-state index contributed by atoms with van der Waals surface area (Å²) in [6.07, 6.45) is -4.79. The van der Waals surface area contributed by atoms with Gasteiger partial charge in [-0.25, -0.2) is 4.98 Å². The maximum atomic E-state index is 11.9. The highest BCUT2D eigenvalue weighted by molar-refractivity contribution is 5.71. The first-order valence-corrected chi connectivity index (χ1v) is 4.18. The van der Waals surface area contributed by atoms with E-state index in [1.165, 1.54) is 0 Å². The molecule has 1 rings (SSSR count). The van der Waals surface area contributed by atoms with Gasteiger partial charge in [-0.2, -0.15) is 5.26 Å². The van der Waals surface area contributed by atoms with Gasteiger partial charge in [-0.1, -0.05) is 0 Å². The van der Waals surface area contributed by atoms with Crippen LogP contribution in [0.25, 0.3) is 0 Å². The number of hydrogen-bond acceptors (Lipinski definition) is 4. The number of carboxylic acid groups (broad SMARTS) is 1. The zero-order valence-corrected chi connectivity index (χ0v) is 8.15. The molecule has 0 unspecified atom stereocenters. The van der Waals surface area contributed by atoms with Crippen LogP contribution < -0.4 is 4.74 Å². The van der Waals surface area contributed by atoms with Crippen LogP contribution >= 0.6 is 0 Å². The number of nitriles is 1. The number of carbonyl (C=O) groups is 1. The van der Waals surface area contributed by atoms with Crippen molar-refractivity contribution in [1.82, 2.24) is 4.98 Å². The highest BCUT2D eigenvalue weighted by atomic mass is 19.4. The van der Waals surface area contributed by atoms with Gasteiger partial charge in [0.2, 0.25) is 0 Å². The van der Waals surface area contributed by atoms with Crippen LogP contribution in [0, 0.1) is 11.3 Å². The average molecular weight is 246 g/mol. The van der Waals surface area contributed by atoms with Gasteiger partial charge in [0.05, 0.1) is 12.6 Å². The molecule has 8 heteroatoms. The fourth-order valence-corrected chi connectivity index (χ4v) is 1.08. The number of alkyl halides is 3. The number of aliphatic carboxylic acids is 1. The van der Waals surface area contributed by atoms with Gasteiger partial charge < -0.3 is 9.84 Å². The van der Waals surface area contributed by atoms with Crippen LogP contribution in [-0.2, 0) is 11.2 Å². The second-order valence-electron chi connectivity index (χ2n) is 2.91. The summed E-state index contributed by atoms with van der Waals surface area (Å²) < 4.78 is 39.2. The molecule has 0 radical (unpaired) electrons. The highest BCUT2D eigenvalue weighted by Crippen LogP contribution is 2.23. The molecule has 0 aliphatic heterocycles. The van der Waals surface area contributed by atoms with Gasteiger partial charge in [0.25, 0.3) is 0 Å². The zero-order valence-electron chi connectivity index (χ0n) is 8.15. The molecule has 0 saturated carbocycles. The molecule has 0 spiro atoms. The Labute approximate surface area is 93.1 Å². The Bertz CT molecular complexity index is 479. The molecule has 0 aliphatic carbocycles. The van der Waals surface area contributed by atoms with Crippen molar-refractivity contribution >= 4 is 5.97 Å². The molecule has 1 N–H and O–H groups in total. The molecule has 0 amide bonds. The maximum absolute atomic E-state index is 11.9. The normalized spacial score (nSPS) is 10.7. The number of rotatable bonds is 3. The fraction of sp³-hybridized carbons (Fsp3) is 0.222. The van der Waals surface area contributed by atoms with Crippen molar-refractivity contribution in [2.24, 2.45) is 0 Å². The Morgan fingerprint density at radius 3 is 2.71 bits per heavy atom. The van der Waals surface area contributed by atoms with Gasteiger partial charge in [-0.15, -0.1) is 13.2 Å². The molecule has 1 aromatic heterocycles. The molecule has 0 fully saturated rings. The molecule has 1 heterocycles. The summed E-state index contributed by atoms with van der Waals surface area (Å²) in [5, 5.41) is 17.1. The summed E-state index contributed by atoms with van der Waals surface area (Å²) in [7, 11) is 0. The summed E-state index contributed by atoms with van der Waals surface area (Å²) in [6, 6.07) is 2.41. The van der Waals surface area contributed by atoms with E-state index in [1.54, 1.807) is 6.07 Å². The highest BCUT2D eigenvalue weighted by Gasteiger charge is 2.31. The number of aromatic nitrogens is 1. The summed E-state index contributed by atoms with van der Waals surface area (Å²) in [5.74, 6) is -1.94. The number of nitrogens with zero attached hydrogens (tertiary/aromatic N) is 2. The van der Waals surface area contributed by atoms with E-state index in [2.05, 4.69) is 9.72 Å². The number of pyridine rings is 1. The van der Waals surface area contributed by atoms with Gasteiger partial charge in [0.15, 0.2) is 0 Å². The third kappa shape index (κ3) is 3.98. The molecule has 17 heavy (non-hydrogen) atoms. The SMILES string of the molecule is N#Cc1ncc(OC(F)(F)F)cc1CC(=O)O. The van der Waals surface area contributed by atoms with Gasteiger partial charge in [-0.3, -0.25) is 4.79 Å². The minimum atomic E-state index is -4.89.